The fourth-order valence-corrected chi connectivity index (χ4v) is 4.74. The first-order valence-corrected chi connectivity index (χ1v) is 10.3. The predicted octanol–water partition coefficient (Wildman–Crippen LogP) is 2.59. The lowest BCUT2D eigenvalue weighted by Crippen LogP contribution is -2.34. The van der Waals surface area contributed by atoms with Crippen molar-refractivity contribution < 1.29 is 8.42 Å². The van der Waals surface area contributed by atoms with Crippen molar-refractivity contribution in [3.05, 3.63) is 36.4 Å². The number of hydrogen-bond acceptors (Lipinski definition) is 6. The van der Waals surface area contributed by atoms with Gasteiger partial charge in [-0.25, -0.2) is 13.4 Å². The molecule has 1 fully saturated rings. The monoisotopic (exact) mass is 360 g/mol. The number of sulfone groups is 1. The number of anilines is 2. The molecule has 1 aliphatic heterocycles. The highest BCUT2D eigenvalue weighted by molar-refractivity contribution is 7.91. The highest BCUT2D eigenvalue weighted by Crippen LogP contribution is 2.26. The summed E-state index contributed by atoms with van der Waals surface area (Å²) >= 11 is 0. The number of aromatic nitrogens is 2. The highest BCUT2D eigenvalue weighted by Gasteiger charge is 2.32. The average molecular weight is 360 g/mol. The zero-order valence-electron chi connectivity index (χ0n) is 14.8. The number of rotatable bonds is 5. The van der Waals surface area contributed by atoms with E-state index >= 15 is 0 Å². The van der Waals surface area contributed by atoms with Crippen molar-refractivity contribution in [2.75, 3.05) is 28.8 Å². The first-order valence-electron chi connectivity index (χ1n) is 8.48. The normalized spacial score (nSPS) is 19.1. The van der Waals surface area contributed by atoms with Gasteiger partial charge in [0.25, 0.3) is 0 Å². The maximum Gasteiger partial charge on any atom is 0.227 e. The second-order valence-electron chi connectivity index (χ2n) is 6.77. The zero-order chi connectivity index (χ0) is 18.0. The maximum absolute atomic E-state index is 11.8. The molecule has 3 rings (SSSR count). The van der Waals surface area contributed by atoms with Gasteiger partial charge < -0.3 is 10.2 Å². The fraction of sp³-hybridized carbons (Fsp3) is 0.444. The Balaban J connectivity index is 1.97. The van der Waals surface area contributed by atoms with Crippen molar-refractivity contribution in [3.8, 4) is 11.3 Å². The smallest absolute Gasteiger partial charge is 0.227 e. The van der Waals surface area contributed by atoms with Crippen LogP contribution in [0.3, 0.4) is 0 Å². The molecule has 1 aromatic carbocycles. The molecule has 0 spiro atoms. The molecule has 2 heterocycles. The van der Waals surface area contributed by atoms with E-state index in [-0.39, 0.29) is 23.6 Å². The Bertz CT molecular complexity index is 837. The van der Waals surface area contributed by atoms with Crippen LogP contribution in [-0.4, -0.2) is 49.0 Å². The first kappa shape index (κ1) is 17.7. The molecule has 7 heteroatoms. The average Bonchev–Trinajstić information content (AvgIpc) is 2.94. The van der Waals surface area contributed by atoms with Gasteiger partial charge in [0.05, 0.1) is 17.2 Å². The molecular formula is C18H24N4O2S. The van der Waals surface area contributed by atoms with Crippen molar-refractivity contribution in [3.63, 3.8) is 0 Å². The van der Waals surface area contributed by atoms with E-state index in [2.05, 4.69) is 29.1 Å². The lowest BCUT2D eigenvalue weighted by Gasteiger charge is -2.24. The van der Waals surface area contributed by atoms with Crippen molar-refractivity contribution >= 4 is 21.6 Å². The van der Waals surface area contributed by atoms with Gasteiger partial charge >= 0.3 is 0 Å². The van der Waals surface area contributed by atoms with Gasteiger partial charge in [0.15, 0.2) is 9.84 Å². The summed E-state index contributed by atoms with van der Waals surface area (Å²) in [6.07, 6.45) is 0.616. The van der Waals surface area contributed by atoms with E-state index in [1.807, 2.05) is 48.3 Å². The van der Waals surface area contributed by atoms with E-state index < -0.39 is 9.84 Å². The summed E-state index contributed by atoms with van der Waals surface area (Å²) < 4.78 is 23.6. The summed E-state index contributed by atoms with van der Waals surface area (Å²) in [6.45, 7) is 4.11. The van der Waals surface area contributed by atoms with Crippen LogP contribution in [0.2, 0.25) is 0 Å². The summed E-state index contributed by atoms with van der Waals surface area (Å²) in [4.78, 5) is 11.2. The van der Waals surface area contributed by atoms with E-state index in [0.717, 1.165) is 17.1 Å². The Morgan fingerprint density at radius 2 is 1.92 bits per heavy atom. The van der Waals surface area contributed by atoms with Gasteiger partial charge in [-0.1, -0.05) is 30.3 Å². The van der Waals surface area contributed by atoms with Gasteiger partial charge in [-0.2, -0.15) is 4.98 Å². The number of benzene rings is 1. The minimum absolute atomic E-state index is 0.0806. The van der Waals surface area contributed by atoms with E-state index in [4.69, 9.17) is 0 Å². The largest absolute Gasteiger partial charge is 0.368 e. The molecule has 25 heavy (non-hydrogen) atoms. The maximum atomic E-state index is 11.8. The molecule has 1 unspecified atom stereocenters. The van der Waals surface area contributed by atoms with E-state index in [1.54, 1.807) is 0 Å². The lowest BCUT2D eigenvalue weighted by molar-refractivity contribution is 0.600. The first-order chi connectivity index (χ1) is 11.8. The van der Waals surface area contributed by atoms with Crippen LogP contribution in [0.4, 0.5) is 11.8 Å². The third kappa shape index (κ3) is 4.28. The van der Waals surface area contributed by atoms with Crippen LogP contribution in [-0.2, 0) is 9.84 Å². The Morgan fingerprint density at radius 3 is 2.52 bits per heavy atom. The Morgan fingerprint density at radius 1 is 1.20 bits per heavy atom. The molecule has 0 aliphatic carbocycles. The van der Waals surface area contributed by atoms with Crippen LogP contribution in [0.1, 0.15) is 20.3 Å². The summed E-state index contributed by atoms with van der Waals surface area (Å²) in [7, 11) is -1.08. The van der Waals surface area contributed by atoms with Gasteiger partial charge in [-0.05, 0) is 20.3 Å². The molecule has 1 N–H and O–H groups in total. The second-order valence-corrected chi connectivity index (χ2v) is 9.00. The van der Waals surface area contributed by atoms with Crippen molar-refractivity contribution in [2.24, 2.45) is 0 Å². The zero-order valence-corrected chi connectivity index (χ0v) is 15.6. The van der Waals surface area contributed by atoms with Crippen LogP contribution >= 0.6 is 0 Å². The third-order valence-electron chi connectivity index (χ3n) is 4.29. The Hall–Kier alpha value is -2.15. The molecule has 1 aliphatic rings. The molecule has 1 atom stereocenters. The molecule has 0 amide bonds. The summed E-state index contributed by atoms with van der Waals surface area (Å²) in [5.74, 6) is 1.69. The number of nitrogens with one attached hydrogen (secondary N) is 1. The van der Waals surface area contributed by atoms with Gasteiger partial charge in [0.1, 0.15) is 5.82 Å². The Kier molecular flexibility index (Phi) is 4.94. The standard InChI is InChI=1S/C18H24N4O2S/c1-13(2)19-17-11-16(14-7-5-4-6-8-14)20-18(21-17)22(3)15-9-10-25(23,24)12-15/h4-8,11,13,15H,9-10,12H2,1-3H3,(H,19,20,21). The van der Waals surface area contributed by atoms with Gasteiger partial charge in [-0.15, -0.1) is 0 Å². The van der Waals surface area contributed by atoms with Crippen LogP contribution < -0.4 is 10.2 Å². The van der Waals surface area contributed by atoms with Crippen LogP contribution in [0.25, 0.3) is 11.3 Å². The SMILES string of the molecule is CC(C)Nc1cc(-c2ccccc2)nc(N(C)C2CCS(=O)(=O)C2)n1. The molecule has 134 valence electrons. The van der Waals surface area contributed by atoms with E-state index in [9.17, 15) is 8.42 Å². The summed E-state index contributed by atoms with van der Waals surface area (Å²) in [6, 6.07) is 12.0. The lowest BCUT2D eigenvalue weighted by atomic mass is 10.1. The minimum atomic E-state index is -2.95. The van der Waals surface area contributed by atoms with Gasteiger partial charge in [0.2, 0.25) is 5.95 Å². The molecule has 6 nitrogen and oxygen atoms in total. The molecule has 1 saturated heterocycles. The van der Waals surface area contributed by atoms with Gasteiger partial charge in [0, 0.05) is 30.8 Å². The summed E-state index contributed by atoms with van der Waals surface area (Å²) in [5, 5.41) is 3.32. The van der Waals surface area contributed by atoms with E-state index in [1.165, 1.54) is 0 Å². The van der Waals surface area contributed by atoms with Crippen molar-refractivity contribution in [1.29, 1.82) is 0 Å². The quantitative estimate of drug-likeness (QED) is 0.883. The van der Waals surface area contributed by atoms with Crippen LogP contribution in [0.5, 0.6) is 0 Å². The number of hydrogen-bond donors (Lipinski definition) is 1. The number of nitrogens with zero attached hydrogens (tertiary/aromatic N) is 3. The molecule has 0 radical (unpaired) electrons. The predicted molar refractivity (Wildman–Crippen MR) is 102 cm³/mol. The molecule has 1 aromatic heterocycles. The van der Waals surface area contributed by atoms with Crippen molar-refractivity contribution in [1.82, 2.24) is 9.97 Å². The fourth-order valence-electron chi connectivity index (χ4n) is 2.96. The third-order valence-corrected chi connectivity index (χ3v) is 6.04. The molecule has 2 aromatic rings. The summed E-state index contributed by atoms with van der Waals surface area (Å²) in [5.41, 5.74) is 1.83. The van der Waals surface area contributed by atoms with Crippen LogP contribution in [0, 0.1) is 0 Å². The topological polar surface area (TPSA) is 75.2 Å². The van der Waals surface area contributed by atoms with Gasteiger partial charge in [-0.3, -0.25) is 0 Å². The highest BCUT2D eigenvalue weighted by atomic mass is 32.2. The second kappa shape index (κ2) is 7.00. The minimum Gasteiger partial charge on any atom is -0.368 e. The molecular weight excluding hydrogens is 336 g/mol. The van der Waals surface area contributed by atoms with Crippen LogP contribution in [0.15, 0.2) is 36.4 Å². The molecule has 0 bridgehead atoms. The van der Waals surface area contributed by atoms with E-state index in [0.29, 0.717) is 12.4 Å². The Labute approximate surface area is 149 Å². The molecule has 0 saturated carbocycles. The van der Waals surface area contributed by atoms with Crippen molar-refractivity contribution in [2.45, 2.75) is 32.4 Å².